The number of likely N-dealkylation sites (tertiary alicyclic amines) is 1. The predicted octanol–water partition coefficient (Wildman–Crippen LogP) is 0.242. The van der Waals surface area contributed by atoms with Crippen molar-refractivity contribution in [3.05, 3.63) is 48.2 Å². The highest BCUT2D eigenvalue weighted by atomic mass is 16.5. The van der Waals surface area contributed by atoms with E-state index in [0.717, 1.165) is 16.5 Å². The Morgan fingerprint density at radius 1 is 1.40 bits per heavy atom. The molecule has 0 aliphatic carbocycles. The molecule has 3 aliphatic heterocycles. The minimum absolute atomic E-state index is 0.138. The van der Waals surface area contributed by atoms with Crippen LogP contribution in [0.5, 0.6) is 0 Å². The van der Waals surface area contributed by atoms with E-state index in [1.54, 1.807) is 11.0 Å². The third-order valence-electron chi connectivity index (χ3n) is 5.78. The molecule has 4 heterocycles. The summed E-state index contributed by atoms with van der Waals surface area (Å²) in [5.41, 5.74) is 1.44. The third kappa shape index (κ3) is 1.94. The van der Waals surface area contributed by atoms with Gasteiger partial charge >= 0.3 is 0 Å². The maximum atomic E-state index is 12.8. The lowest BCUT2D eigenvalue weighted by molar-refractivity contribution is -0.313. The molecule has 2 bridgehead atoms. The molecule has 5 rings (SSSR count). The molecule has 1 spiro atoms. The van der Waals surface area contributed by atoms with E-state index in [-0.39, 0.29) is 5.91 Å². The van der Waals surface area contributed by atoms with Gasteiger partial charge in [0.15, 0.2) is 0 Å². The highest BCUT2D eigenvalue weighted by Crippen LogP contribution is 2.51. The lowest BCUT2D eigenvalue weighted by atomic mass is 9.77. The van der Waals surface area contributed by atoms with Crippen LogP contribution in [0.2, 0.25) is 0 Å². The van der Waals surface area contributed by atoms with Crippen molar-refractivity contribution in [2.75, 3.05) is 13.1 Å². The number of aromatic amines is 1. The van der Waals surface area contributed by atoms with E-state index in [9.17, 15) is 14.7 Å². The smallest absolute Gasteiger partial charge is 0.229 e. The number of carbonyl (C=O) groups is 2. The van der Waals surface area contributed by atoms with Gasteiger partial charge in [-0.15, -0.1) is 0 Å². The number of carbonyl (C=O) groups excluding carboxylic acids is 2. The number of rotatable bonds is 4. The second-order valence-electron chi connectivity index (χ2n) is 7.09. The van der Waals surface area contributed by atoms with Crippen LogP contribution in [0.4, 0.5) is 0 Å². The van der Waals surface area contributed by atoms with Gasteiger partial charge in [-0.05, 0) is 18.1 Å². The zero-order valence-corrected chi connectivity index (χ0v) is 13.5. The van der Waals surface area contributed by atoms with Gasteiger partial charge in [0.25, 0.3) is 0 Å². The van der Waals surface area contributed by atoms with E-state index in [4.69, 9.17) is 4.74 Å². The molecule has 2 saturated heterocycles. The highest BCUT2D eigenvalue weighted by molar-refractivity contribution is 5.90. The van der Waals surface area contributed by atoms with E-state index >= 15 is 0 Å². The first-order valence-electron chi connectivity index (χ1n) is 8.51. The molecule has 25 heavy (non-hydrogen) atoms. The molecule has 2 aromatic rings. The van der Waals surface area contributed by atoms with Gasteiger partial charge in [0.1, 0.15) is 5.60 Å². The van der Waals surface area contributed by atoms with Crippen LogP contribution in [0.25, 0.3) is 10.9 Å². The molecule has 2 fully saturated rings. The lowest BCUT2D eigenvalue weighted by Crippen LogP contribution is -2.45. The summed E-state index contributed by atoms with van der Waals surface area (Å²) in [6, 6.07) is 8.05. The molecule has 1 amide bonds. The number of fused-ring (bicyclic) bond motifs is 2. The number of H-pyrrole nitrogens is 1. The molecule has 0 unspecified atom stereocenters. The summed E-state index contributed by atoms with van der Waals surface area (Å²) in [4.78, 5) is 29.3. The number of nitrogens with one attached hydrogen (secondary N) is 1. The molecule has 3 aliphatic rings. The van der Waals surface area contributed by atoms with Gasteiger partial charge in [-0.25, -0.2) is 0 Å². The first kappa shape index (κ1) is 14.7. The topological polar surface area (TPSA) is 85.5 Å². The van der Waals surface area contributed by atoms with Crippen molar-refractivity contribution in [1.82, 2.24) is 9.88 Å². The molecule has 6 nitrogen and oxygen atoms in total. The molecule has 6 heteroatoms. The predicted molar refractivity (Wildman–Crippen MR) is 87.3 cm³/mol. The minimum atomic E-state index is -1.20. The summed E-state index contributed by atoms with van der Waals surface area (Å²) in [5, 5.41) is 12.6. The van der Waals surface area contributed by atoms with Gasteiger partial charge < -0.3 is 24.5 Å². The van der Waals surface area contributed by atoms with Crippen molar-refractivity contribution >= 4 is 22.8 Å². The average Bonchev–Trinajstić information content (AvgIpc) is 3.33. The van der Waals surface area contributed by atoms with E-state index in [1.165, 1.54) is 0 Å². The van der Waals surface area contributed by atoms with Gasteiger partial charge in [-0.1, -0.05) is 30.4 Å². The van der Waals surface area contributed by atoms with Gasteiger partial charge in [0.2, 0.25) is 5.91 Å². The number of aliphatic carboxylic acids is 1. The summed E-state index contributed by atoms with van der Waals surface area (Å²) in [6.07, 6.45) is 5.77. The molecule has 1 aromatic heterocycles. The number of hydrogen-bond donors (Lipinski definition) is 1. The van der Waals surface area contributed by atoms with Crippen LogP contribution < -0.4 is 5.11 Å². The van der Waals surface area contributed by atoms with Crippen LogP contribution in [0.1, 0.15) is 5.56 Å². The number of para-hydroxylation sites is 1. The minimum Gasteiger partial charge on any atom is -0.550 e. The van der Waals surface area contributed by atoms with Crippen LogP contribution in [-0.2, 0) is 20.7 Å². The van der Waals surface area contributed by atoms with Gasteiger partial charge in [0.05, 0.1) is 18.6 Å². The quantitative estimate of drug-likeness (QED) is 0.810. The number of ether oxygens (including phenoxy) is 1. The first-order valence-corrected chi connectivity index (χ1v) is 8.51. The molecule has 0 saturated carbocycles. The van der Waals surface area contributed by atoms with Crippen LogP contribution in [0.15, 0.2) is 42.6 Å². The normalized spacial score (nSPS) is 32.7. The average molecular weight is 337 g/mol. The summed E-state index contributed by atoms with van der Waals surface area (Å²) in [7, 11) is 0. The zero-order chi connectivity index (χ0) is 17.2. The Bertz CT molecular complexity index is 917. The summed E-state index contributed by atoms with van der Waals surface area (Å²) in [5.74, 6) is -2.87. The first-order chi connectivity index (χ1) is 12.1. The number of amides is 1. The molecule has 0 radical (unpaired) electrons. The van der Waals surface area contributed by atoms with Crippen molar-refractivity contribution in [1.29, 1.82) is 0 Å². The fraction of sp³-hybridized carbons (Fsp3) is 0.368. The van der Waals surface area contributed by atoms with Crippen LogP contribution >= 0.6 is 0 Å². The number of benzene rings is 1. The van der Waals surface area contributed by atoms with Gasteiger partial charge in [-0.3, -0.25) is 4.79 Å². The second-order valence-corrected chi connectivity index (χ2v) is 7.09. The van der Waals surface area contributed by atoms with E-state index in [0.29, 0.717) is 19.5 Å². The Balaban J connectivity index is 1.37. The van der Waals surface area contributed by atoms with Crippen LogP contribution in [0.3, 0.4) is 0 Å². The summed E-state index contributed by atoms with van der Waals surface area (Å²) < 4.78 is 5.87. The van der Waals surface area contributed by atoms with Gasteiger partial charge in [-0.2, -0.15) is 0 Å². The maximum absolute atomic E-state index is 12.8. The Hall–Kier alpha value is -2.60. The molecule has 1 aromatic carbocycles. The Morgan fingerprint density at radius 3 is 3.08 bits per heavy atom. The van der Waals surface area contributed by atoms with E-state index in [1.807, 2.05) is 30.5 Å². The summed E-state index contributed by atoms with van der Waals surface area (Å²) >= 11 is 0. The molecule has 1 N–H and O–H groups in total. The number of hydrogen-bond acceptors (Lipinski definition) is 4. The fourth-order valence-corrected chi connectivity index (χ4v) is 4.63. The molecular weight excluding hydrogens is 320 g/mol. The Morgan fingerprint density at radius 2 is 2.24 bits per heavy atom. The van der Waals surface area contributed by atoms with Crippen molar-refractivity contribution < 1.29 is 19.4 Å². The number of carboxylic acids is 1. The highest BCUT2D eigenvalue weighted by Gasteiger charge is 2.65. The van der Waals surface area contributed by atoms with E-state index < -0.39 is 29.5 Å². The fourth-order valence-electron chi connectivity index (χ4n) is 4.63. The largest absolute Gasteiger partial charge is 0.550 e. The van der Waals surface area contributed by atoms with Crippen LogP contribution in [0, 0.1) is 11.8 Å². The molecular formula is C19H17N2O4-. The third-order valence-corrected chi connectivity index (χ3v) is 5.78. The Labute approximate surface area is 144 Å². The Kier molecular flexibility index (Phi) is 2.92. The van der Waals surface area contributed by atoms with Gasteiger partial charge in [0, 0.05) is 35.5 Å². The SMILES string of the molecule is O=C([O-])[C@@H]1[C@@H]2C=C[C@]3(CN(CCc4c[nH]c5ccccc45)C(=O)[C@H]13)O2. The lowest BCUT2D eigenvalue weighted by Gasteiger charge is -2.24. The van der Waals surface area contributed by atoms with Crippen molar-refractivity contribution in [3.8, 4) is 0 Å². The second kappa shape index (κ2) is 4.95. The molecule has 128 valence electrons. The van der Waals surface area contributed by atoms with Crippen molar-refractivity contribution in [2.45, 2.75) is 18.1 Å². The van der Waals surface area contributed by atoms with Crippen LogP contribution in [-0.4, -0.2) is 46.6 Å². The number of carboxylic acid groups (broad SMARTS) is 1. The standard InChI is InChI=1S/C19H18N2O4/c22-17-16-15(18(23)24)14-5-7-19(16,25-14)10-21(17)8-6-11-9-20-13-4-2-1-3-12(11)13/h1-5,7,9,14-16,20H,6,8,10H2,(H,23,24)/p-1/t14-,15+,16-,19+/m0/s1. The number of aromatic nitrogens is 1. The van der Waals surface area contributed by atoms with Crippen molar-refractivity contribution in [2.24, 2.45) is 11.8 Å². The molecule has 4 atom stereocenters. The maximum Gasteiger partial charge on any atom is 0.229 e. The monoisotopic (exact) mass is 337 g/mol. The van der Waals surface area contributed by atoms with Crippen molar-refractivity contribution in [3.63, 3.8) is 0 Å². The zero-order valence-electron chi connectivity index (χ0n) is 13.5. The van der Waals surface area contributed by atoms with E-state index in [2.05, 4.69) is 11.1 Å². The summed E-state index contributed by atoms with van der Waals surface area (Å²) in [6.45, 7) is 0.955. The number of nitrogens with zero attached hydrogens (tertiary/aromatic N) is 1.